The fourth-order valence-electron chi connectivity index (χ4n) is 4.73. The average molecular weight is 426 g/mol. The fraction of sp³-hybridized carbons (Fsp3) is 0. The van der Waals surface area contributed by atoms with E-state index in [1.54, 1.807) is 48.8 Å². The first-order valence-electron chi connectivity index (χ1n) is 10.5. The summed E-state index contributed by atoms with van der Waals surface area (Å²) in [5, 5.41) is 1.83. The van der Waals surface area contributed by atoms with Crippen LogP contribution in [0.4, 0.5) is 0 Å². The van der Waals surface area contributed by atoms with E-state index in [0.717, 1.165) is 38.4 Å². The third kappa shape index (κ3) is 2.40. The lowest BCUT2D eigenvalue weighted by molar-refractivity contribution is 0.0979. The summed E-state index contributed by atoms with van der Waals surface area (Å²) < 4.78 is 0. The second-order valence-corrected chi connectivity index (χ2v) is 8.07. The van der Waals surface area contributed by atoms with Gasteiger partial charge in [-0.15, -0.1) is 0 Å². The zero-order valence-corrected chi connectivity index (χ0v) is 17.2. The first-order valence-corrected chi connectivity index (χ1v) is 10.5. The van der Waals surface area contributed by atoms with Gasteiger partial charge in [0.15, 0.2) is 11.6 Å². The number of hydrogen-bond acceptors (Lipinski definition) is 5. The quantitative estimate of drug-likeness (QED) is 0.369. The Morgan fingerprint density at radius 2 is 1.24 bits per heavy atom. The van der Waals surface area contributed by atoms with Gasteiger partial charge in [0.1, 0.15) is 5.82 Å². The minimum absolute atomic E-state index is 0.134. The van der Waals surface area contributed by atoms with Crippen LogP contribution in [-0.2, 0) is 0 Å². The predicted octanol–water partition coefficient (Wildman–Crippen LogP) is 5.10. The van der Waals surface area contributed by atoms with Gasteiger partial charge in [-0.1, -0.05) is 30.3 Å². The number of nitrogens with zero attached hydrogens (tertiary/aromatic N) is 3. The Hall–Kier alpha value is -4.71. The smallest absolute Gasteiger partial charge is 0.194 e. The van der Waals surface area contributed by atoms with E-state index in [0.29, 0.717) is 28.1 Å². The monoisotopic (exact) mass is 426 g/mol. The van der Waals surface area contributed by atoms with E-state index in [-0.39, 0.29) is 11.6 Å². The molecule has 0 saturated heterocycles. The zero-order valence-electron chi connectivity index (χ0n) is 17.2. The van der Waals surface area contributed by atoms with E-state index in [1.165, 1.54) is 0 Å². The molecular formula is C27H14N4O2. The molecule has 0 bridgehead atoms. The number of carbonyl (C=O) groups is 2. The molecule has 154 valence electrons. The van der Waals surface area contributed by atoms with Crippen LogP contribution >= 0.6 is 0 Å². The van der Waals surface area contributed by atoms with Crippen molar-refractivity contribution in [2.75, 3.05) is 0 Å². The molecule has 0 unspecified atom stereocenters. The number of imidazole rings is 1. The van der Waals surface area contributed by atoms with Crippen molar-refractivity contribution >= 4 is 44.4 Å². The van der Waals surface area contributed by atoms with Crippen LogP contribution in [-0.4, -0.2) is 31.5 Å². The number of carbonyl (C=O) groups excluding carboxylic acids is 2. The number of rotatable bonds is 1. The van der Waals surface area contributed by atoms with Gasteiger partial charge in [-0.25, -0.2) is 4.98 Å². The maximum Gasteiger partial charge on any atom is 0.194 e. The Kier molecular flexibility index (Phi) is 3.47. The Balaban J connectivity index is 1.48. The summed E-state index contributed by atoms with van der Waals surface area (Å²) >= 11 is 0. The number of fused-ring (bicyclic) bond motifs is 8. The van der Waals surface area contributed by atoms with Gasteiger partial charge in [-0.2, -0.15) is 0 Å². The lowest BCUT2D eigenvalue weighted by Gasteiger charge is -2.17. The van der Waals surface area contributed by atoms with Crippen molar-refractivity contribution in [2.24, 2.45) is 0 Å². The highest BCUT2D eigenvalue weighted by Crippen LogP contribution is 2.35. The molecule has 0 spiro atoms. The van der Waals surface area contributed by atoms with Crippen molar-refractivity contribution in [3.05, 3.63) is 101 Å². The third-order valence-electron chi connectivity index (χ3n) is 6.27. The highest BCUT2D eigenvalue weighted by atomic mass is 16.1. The van der Waals surface area contributed by atoms with E-state index >= 15 is 0 Å². The summed E-state index contributed by atoms with van der Waals surface area (Å²) in [7, 11) is 0. The Bertz CT molecular complexity index is 1740. The van der Waals surface area contributed by atoms with Crippen LogP contribution in [0.5, 0.6) is 0 Å². The zero-order chi connectivity index (χ0) is 22.1. The van der Waals surface area contributed by atoms with Gasteiger partial charge in [0.2, 0.25) is 0 Å². The molecule has 1 N–H and O–H groups in total. The molecule has 0 fully saturated rings. The number of nitrogens with one attached hydrogen (secondary N) is 1. The van der Waals surface area contributed by atoms with E-state index < -0.39 is 0 Å². The first kappa shape index (κ1) is 17.9. The van der Waals surface area contributed by atoms with Crippen molar-refractivity contribution in [3.8, 4) is 11.4 Å². The van der Waals surface area contributed by atoms with E-state index in [2.05, 4.69) is 15.0 Å². The molecule has 6 heteroatoms. The van der Waals surface area contributed by atoms with E-state index in [1.807, 2.05) is 30.3 Å². The molecule has 0 saturated carbocycles. The summed E-state index contributed by atoms with van der Waals surface area (Å²) in [6.07, 6.45) is 3.50. The molecule has 7 rings (SSSR count). The minimum atomic E-state index is -0.150. The molecule has 1 aliphatic carbocycles. The van der Waals surface area contributed by atoms with E-state index in [4.69, 9.17) is 4.98 Å². The largest absolute Gasteiger partial charge is 0.337 e. The summed E-state index contributed by atoms with van der Waals surface area (Å²) in [6, 6.07) is 20.0. The van der Waals surface area contributed by atoms with Crippen LogP contribution in [0.25, 0.3) is 44.2 Å². The average Bonchev–Trinajstić information content (AvgIpc) is 3.33. The van der Waals surface area contributed by atoms with Crippen LogP contribution in [0.3, 0.4) is 0 Å². The molecule has 0 radical (unpaired) electrons. The van der Waals surface area contributed by atoms with E-state index in [9.17, 15) is 9.59 Å². The number of H-pyrrole nitrogens is 1. The molecule has 3 aromatic carbocycles. The number of pyridine rings is 2. The molecular weight excluding hydrogens is 412 g/mol. The molecule has 3 aromatic heterocycles. The van der Waals surface area contributed by atoms with Crippen molar-refractivity contribution in [2.45, 2.75) is 0 Å². The standard InChI is InChI=1S/C27H14N4O2/c32-25-15-5-1-2-6-16(15)26(33)20-13-14(9-10-17(20)25)27-30-23-18-7-3-11-28-21(18)22-19(24(23)31-27)8-4-12-29-22/h1-13H,(H,30,31). The number of hydrogen-bond donors (Lipinski definition) is 1. The Morgan fingerprint density at radius 3 is 2.00 bits per heavy atom. The SMILES string of the molecule is O=C1c2ccccc2C(=O)c2cc(-c3nc4c5cccnc5c5ncccc5c4[nH]3)ccc21. The van der Waals surface area contributed by atoms with Crippen molar-refractivity contribution in [1.82, 2.24) is 19.9 Å². The maximum absolute atomic E-state index is 13.2. The summed E-state index contributed by atoms with van der Waals surface area (Å²) in [5.41, 5.74) is 5.69. The van der Waals surface area contributed by atoms with Gasteiger partial charge < -0.3 is 4.98 Å². The molecule has 33 heavy (non-hydrogen) atoms. The number of aromatic amines is 1. The normalized spacial score (nSPS) is 13.0. The van der Waals surface area contributed by atoms with Crippen molar-refractivity contribution < 1.29 is 9.59 Å². The second kappa shape index (κ2) is 6.40. The molecule has 6 nitrogen and oxygen atoms in total. The second-order valence-electron chi connectivity index (χ2n) is 8.07. The first-order chi connectivity index (χ1) is 16.2. The Labute approximate surface area is 187 Å². The highest BCUT2D eigenvalue weighted by Gasteiger charge is 2.29. The molecule has 1 aliphatic rings. The van der Waals surface area contributed by atoms with Gasteiger partial charge in [-0.3, -0.25) is 19.6 Å². The predicted molar refractivity (Wildman–Crippen MR) is 125 cm³/mol. The lowest BCUT2D eigenvalue weighted by Crippen LogP contribution is -2.20. The summed E-state index contributed by atoms with van der Waals surface area (Å²) in [6.45, 7) is 0. The topological polar surface area (TPSA) is 88.6 Å². The fourth-order valence-corrected chi connectivity index (χ4v) is 4.73. The molecule has 3 heterocycles. The summed E-state index contributed by atoms with van der Waals surface area (Å²) in [4.78, 5) is 43.5. The van der Waals surface area contributed by atoms with Crippen LogP contribution in [0, 0.1) is 0 Å². The third-order valence-corrected chi connectivity index (χ3v) is 6.27. The lowest BCUT2D eigenvalue weighted by atomic mass is 9.83. The maximum atomic E-state index is 13.2. The van der Waals surface area contributed by atoms with Gasteiger partial charge in [0, 0.05) is 51.0 Å². The molecule has 6 aromatic rings. The van der Waals surface area contributed by atoms with Gasteiger partial charge >= 0.3 is 0 Å². The van der Waals surface area contributed by atoms with Crippen LogP contribution in [0.15, 0.2) is 79.1 Å². The minimum Gasteiger partial charge on any atom is -0.337 e. The van der Waals surface area contributed by atoms with Crippen molar-refractivity contribution in [1.29, 1.82) is 0 Å². The van der Waals surface area contributed by atoms with Crippen LogP contribution in [0.2, 0.25) is 0 Å². The van der Waals surface area contributed by atoms with Crippen LogP contribution in [0.1, 0.15) is 31.8 Å². The number of ketones is 2. The molecule has 0 aliphatic heterocycles. The summed E-state index contributed by atoms with van der Waals surface area (Å²) in [5.74, 6) is 0.335. The van der Waals surface area contributed by atoms with Crippen LogP contribution < -0.4 is 0 Å². The number of aromatic nitrogens is 4. The van der Waals surface area contributed by atoms with Gasteiger partial charge in [0.25, 0.3) is 0 Å². The Morgan fingerprint density at radius 1 is 0.606 bits per heavy atom. The highest BCUT2D eigenvalue weighted by molar-refractivity contribution is 6.28. The number of benzene rings is 3. The molecule has 0 amide bonds. The van der Waals surface area contributed by atoms with Crippen molar-refractivity contribution in [3.63, 3.8) is 0 Å². The van der Waals surface area contributed by atoms with Gasteiger partial charge in [0.05, 0.1) is 22.1 Å². The molecule has 0 atom stereocenters. The van der Waals surface area contributed by atoms with Gasteiger partial charge in [-0.05, 0) is 36.4 Å².